The van der Waals surface area contributed by atoms with Crippen LogP contribution in [0.2, 0.25) is 0 Å². The van der Waals surface area contributed by atoms with Crippen LogP contribution < -0.4 is 10.6 Å². The van der Waals surface area contributed by atoms with Gasteiger partial charge in [-0.05, 0) is 0 Å². The van der Waals surface area contributed by atoms with E-state index >= 15 is 0 Å². The van der Waals surface area contributed by atoms with Gasteiger partial charge in [0.05, 0.1) is 12.7 Å². The van der Waals surface area contributed by atoms with Crippen molar-refractivity contribution in [1.29, 1.82) is 0 Å². The van der Waals surface area contributed by atoms with Gasteiger partial charge in [-0.1, -0.05) is 0 Å². The molecule has 0 radical (unpaired) electrons. The molecule has 0 amide bonds. The second-order valence-electron chi connectivity index (χ2n) is 2.63. The molecule has 2 heterocycles. The fourth-order valence-corrected chi connectivity index (χ4v) is 1.30. The minimum absolute atomic E-state index is 0.500. The molecule has 3 nitrogen and oxygen atoms in total. The van der Waals surface area contributed by atoms with E-state index in [-0.39, 0.29) is 0 Å². The molecule has 9 heavy (non-hydrogen) atoms. The van der Waals surface area contributed by atoms with Crippen LogP contribution in [0.5, 0.6) is 0 Å². The average molecular weight is 128 g/mol. The molecule has 0 bridgehead atoms. The quantitative estimate of drug-likeness (QED) is 0.436. The molecule has 0 aromatic heterocycles. The van der Waals surface area contributed by atoms with E-state index in [9.17, 15) is 0 Å². The highest BCUT2D eigenvalue weighted by Crippen LogP contribution is 2.09. The Kier molecular flexibility index (Phi) is 1.41. The van der Waals surface area contributed by atoms with Gasteiger partial charge in [0.2, 0.25) is 0 Å². The fourth-order valence-electron chi connectivity index (χ4n) is 1.30. The Hall–Kier alpha value is -0.120. The Labute approximate surface area is 54.8 Å². The van der Waals surface area contributed by atoms with Crippen molar-refractivity contribution in [3.05, 3.63) is 0 Å². The zero-order chi connectivity index (χ0) is 6.10. The van der Waals surface area contributed by atoms with Crippen molar-refractivity contribution in [1.82, 2.24) is 10.6 Å². The van der Waals surface area contributed by atoms with E-state index in [0.717, 1.165) is 26.2 Å². The van der Waals surface area contributed by atoms with Gasteiger partial charge in [-0.2, -0.15) is 0 Å². The molecule has 3 heteroatoms. The van der Waals surface area contributed by atoms with Gasteiger partial charge in [0.25, 0.3) is 0 Å². The van der Waals surface area contributed by atoms with Crippen molar-refractivity contribution < 1.29 is 4.74 Å². The second-order valence-corrected chi connectivity index (χ2v) is 2.63. The van der Waals surface area contributed by atoms with Crippen molar-refractivity contribution >= 4 is 0 Å². The lowest BCUT2D eigenvalue weighted by Gasteiger charge is -2.35. The van der Waals surface area contributed by atoms with Gasteiger partial charge in [-0.15, -0.1) is 0 Å². The molecule has 0 aromatic rings. The molecule has 0 aliphatic carbocycles. The maximum Gasteiger partial charge on any atom is 0.0865 e. The van der Waals surface area contributed by atoms with Crippen molar-refractivity contribution in [3.63, 3.8) is 0 Å². The third-order valence-corrected chi connectivity index (χ3v) is 2.01. The second kappa shape index (κ2) is 2.25. The lowest BCUT2D eigenvalue weighted by atomic mass is 10.0. The zero-order valence-electron chi connectivity index (χ0n) is 5.39. The van der Waals surface area contributed by atoms with E-state index in [0.29, 0.717) is 12.1 Å². The minimum atomic E-state index is 0.500. The summed E-state index contributed by atoms with van der Waals surface area (Å²) in [5.41, 5.74) is 0. The molecule has 0 aromatic carbocycles. The summed E-state index contributed by atoms with van der Waals surface area (Å²) in [5, 5.41) is 6.59. The summed E-state index contributed by atoms with van der Waals surface area (Å²) >= 11 is 0. The van der Waals surface area contributed by atoms with Crippen molar-refractivity contribution in [2.45, 2.75) is 12.1 Å². The van der Waals surface area contributed by atoms with Crippen LogP contribution in [0.4, 0.5) is 0 Å². The summed E-state index contributed by atoms with van der Waals surface area (Å²) in [6, 6.07) is 0.590. The van der Waals surface area contributed by atoms with Gasteiger partial charge in [0, 0.05) is 25.7 Å². The number of nitrogens with one attached hydrogen (secondary N) is 2. The molecule has 2 rings (SSSR count). The van der Waals surface area contributed by atoms with Gasteiger partial charge >= 0.3 is 0 Å². The highest BCUT2D eigenvalue weighted by atomic mass is 16.5. The summed E-state index contributed by atoms with van der Waals surface area (Å²) in [6.07, 6.45) is 0.500. The predicted molar refractivity (Wildman–Crippen MR) is 34.4 cm³/mol. The molecular formula is C6H12N2O. The Morgan fingerprint density at radius 3 is 3.11 bits per heavy atom. The maximum absolute atomic E-state index is 5.48. The van der Waals surface area contributed by atoms with Crippen molar-refractivity contribution in [2.75, 3.05) is 26.2 Å². The summed E-state index contributed by atoms with van der Waals surface area (Å²) < 4.78 is 5.48. The number of ether oxygens (including phenoxy) is 1. The molecule has 2 fully saturated rings. The smallest absolute Gasteiger partial charge is 0.0865 e. The highest BCUT2D eigenvalue weighted by molar-refractivity contribution is 4.92. The largest absolute Gasteiger partial charge is 0.374 e. The first-order valence-corrected chi connectivity index (χ1v) is 3.52. The molecule has 52 valence electrons. The van der Waals surface area contributed by atoms with Crippen LogP contribution in [0.3, 0.4) is 0 Å². The Morgan fingerprint density at radius 2 is 2.33 bits per heavy atom. The SMILES string of the molecule is C1COC2CNC2CN1. The minimum Gasteiger partial charge on any atom is -0.374 e. The summed E-state index contributed by atoms with van der Waals surface area (Å²) in [6.45, 7) is 4.01. The molecule has 2 aliphatic rings. The molecule has 2 atom stereocenters. The van der Waals surface area contributed by atoms with Gasteiger partial charge in [0.1, 0.15) is 0 Å². The molecule has 0 spiro atoms. The Morgan fingerprint density at radius 1 is 1.33 bits per heavy atom. The first kappa shape index (κ1) is 5.65. The lowest BCUT2D eigenvalue weighted by molar-refractivity contribution is 0.00104. The summed E-state index contributed by atoms with van der Waals surface area (Å²) in [5.74, 6) is 0. The monoisotopic (exact) mass is 128 g/mol. The highest BCUT2D eigenvalue weighted by Gasteiger charge is 2.31. The van der Waals surface area contributed by atoms with Crippen LogP contribution >= 0.6 is 0 Å². The standard InChI is InChI=1S/C6H12N2O/c1-2-9-6-4-8-5(6)3-7-1/h5-8H,1-4H2. The lowest BCUT2D eigenvalue weighted by Crippen LogP contribution is -2.60. The predicted octanol–water partition coefficient (Wildman–Crippen LogP) is -1.05. The Balaban J connectivity index is 1.90. The molecule has 2 aliphatic heterocycles. The number of rotatable bonds is 0. The van der Waals surface area contributed by atoms with E-state index in [1.807, 2.05) is 0 Å². The van der Waals surface area contributed by atoms with Gasteiger partial charge in [-0.3, -0.25) is 0 Å². The average Bonchev–Trinajstić information content (AvgIpc) is 1.94. The number of fused-ring (bicyclic) bond motifs is 1. The van der Waals surface area contributed by atoms with Gasteiger partial charge < -0.3 is 15.4 Å². The first-order chi connectivity index (χ1) is 4.47. The van der Waals surface area contributed by atoms with Crippen LogP contribution in [0, 0.1) is 0 Å². The molecule has 0 saturated carbocycles. The third-order valence-electron chi connectivity index (χ3n) is 2.01. The Bertz CT molecular complexity index is 95.2. The van der Waals surface area contributed by atoms with Crippen LogP contribution in [0.15, 0.2) is 0 Å². The normalized spacial score (nSPS) is 42.7. The van der Waals surface area contributed by atoms with E-state index in [4.69, 9.17) is 4.74 Å². The number of hydrogen-bond acceptors (Lipinski definition) is 3. The van der Waals surface area contributed by atoms with E-state index in [1.165, 1.54) is 0 Å². The fraction of sp³-hybridized carbons (Fsp3) is 1.00. The van der Waals surface area contributed by atoms with Gasteiger partial charge in [0.15, 0.2) is 0 Å². The molecule has 2 saturated heterocycles. The maximum atomic E-state index is 5.48. The molecule has 2 unspecified atom stereocenters. The van der Waals surface area contributed by atoms with Crippen molar-refractivity contribution in [2.24, 2.45) is 0 Å². The summed E-state index contributed by atoms with van der Waals surface area (Å²) in [7, 11) is 0. The first-order valence-electron chi connectivity index (χ1n) is 3.52. The number of hydrogen-bond donors (Lipinski definition) is 2. The van der Waals surface area contributed by atoms with E-state index < -0.39 is 0 Å². The topological polar surface area (TPSA) is 33.3 Å². The molecule has 2 N–H and O–H groups in total. The zero-order valence-corrected chi connectivity index (χ0v) is 5.39. The van der Waals surface area contributed by atoms with Crippen LogP contribution in [0.1, 0.15) is 0 Å². The third kappa shape index (κ3) is 0.956. The summed E-state index contributed by atoms with van der Waals surface area (Å²) in [4.78, 5) is 0. The van der Waals surface area contributed by atoms with Crippen LogP contribution in [0.25, 0.3) is 0 Å². The van der Waals surface area contributed by atoms with Gasteiger partial charge in [-0.25, -0.2) is 0 Å². The van der Waals surface area contributed by atoms with Crippen LogP contribution in [-0.2, 0) is 4.74 Å². The van der Waals surface area contributed by atoms with Crippen LogP contribution in [-0.4, -0.2) is 38.4 Å². The van der Waals surface area contributed by atoms with Crippen molar-refractivity contribution in [3.8, 4) is 0 Å². The van der Waals surface area contributed by atoms with E-state index in [1.54, 1.807) is 0 Å². The molecular weight excluding hydrogens is 116 g/mol. The van der Waals surface area contributed by atoms with E-state index in [2.05, 4.69) is 10.6 Å².